The molecule has 1 N–H and O–H groups in total. The quantitative estimate of drug-likeness (QED) is 0.293. The number of sulfonamides is 1. The van der Waals surface area contributed by atoms with Gasteiger partial charge in [-0.3, -0.25) is 13.9 Å². The Morgan fingerprint density at radius 1 is 0.975 bits per heavy atom. The first-order valence-corrected chi connectivity index (χ1v) is 14.9. The van der Waals surface area contributed by atoms with Crippen molar-refractivity contribution in [1.29, 1.82) is 0 Å². The van der Waals surface area contributed by atoms with Gasteiger partial charge in [0.1, 0.15) is 18.3 Å². The smallest absolute Gasteiger partial charge is 0.264 e. The van der Waals surface area contributed by atoms with E-state index in [0.29, 0.717) is 17.7 Å². The molecule has 3 aromatic carbocycles. The number of hydrogen-bond donors (Lipinski definition) is 1. The molecular weight excluding hydrogens is 573 g/mol. The molecule has 0 aliphatic rings. The second-order valence-electron chi connectivity index (χ2n) is 9.38. The van der Waals surface area contributed by atoms with Gasteiger partial charge in [0.05, 0.1) is 22.7 Å². The molecule has 0 aromatic heterocycles. The molecule has 2 amide bonds. The van der Waals surface area contributed by atoms with E-state index in [4.69, 9.17) is 27.9 Å². The molecule has 0 bridgehead atoms. The number of nitrogens with zero attached hydrogens (tertiary/aromatic N) is 2. The van der Waals surface area contributed by atoms with Gasteiger partial charge in [0, 0.05) is 17.6 Å². The zero-order valence-corrected chi connectivity index (χ0v) is 25.1. The monoisotopic (exact) mass is 605 g/mol. The summed E-state index contributed by atoms with van der Waals surface area (Å²) < 4.78 is 34.0. The molecule has 0 saturated carbocycles. The molecule has 0 unspecified atom stereocenters. The molecule has 3 aromatic rings. The third-order valence-corrected chi connectivity index (χ3v) is 8.42. The number of benzene rings is 3. The van der Waals surface area contributed by atoms with E-state index < -0.39 is 28.5 Å². The zero-order valence-electron chi connectivity index (χ0n) is 22.8. The maximum atomic E-state index is 14.1. The predicted molar refractivity (Wildman–Crippen MR) is 158 cm³/mol. The van der Waals surface area contributed by atoms with Crippen molar-refractivity contribution in [3.63, 3.8) is 0 Å². The summed E-state index contributed by atoms with van der Waals surface area (Å²) in [5.41, 5.74) is 0.758. The van der Waals surface area contributed by atoms with Crippen LogP contribution in [0, 0.1) is 0 Å². The van der Waals surface area contributed by atoms with Crippen LogP contribution in [-0.4, -0.2) is 50.9 Å². The topological polar surface area (TPSA) is 96.0 Å². The number of amides is 2. The second kappa shape index (κ2) is 13.9. The van der Waals surface area contributed by atoms with E-state index in [1.54, 1.807) is 43.3 Å². The minimum atomic E-state index is -4.25. The van der Waals surface area contributed by atoms with E-state index in [1.807, 2.05) is 19.9 Å². The SMILES string of the molecule is CC[C@@H](C(=O)NC(C)C)N(Cc1cccc(OC)c1)C(=O)CN(c1cc(Cl)ccc1Cl)S(=O)(=O)c1ccccc1. The standard InChI is InChI=1S/C29H33Cl2N3O5S/c1-5-26(29(36)32-20(2)3)33(18-21-10-9-11-23(16-21)39-4)28(35)19-34(27-17-22(30)14-15-25(27)31)40(37,38)24-12-7-6-8-13-24/h6-17,20,26H,5,18-19H2,1-4H3,(H,32,36)/t26-/m0/s1. The van der Waals surface area contributed by atoms with Crippen molar-refractivity contribution >= 4 is 50.7 Å². The van der Waals surface area contributed by atoms with Crippen LogP contribution >= 0.6 is 23.2 Å². The summed E-state index contributed by atoms with van der Waals surface area (Å²) in [7, 11) is -2.72. The predicted octanol–water partition coefficient (Wildman–Crippen LogP) is 5.53. The van der Waals surface area contributed by atoms with Gasteiger partial charge in [-0.05, 0) is 68.3 Å². The Hall–Kier alpha value is -3.27. The highest BCUT2D eigenvalue weighted by molar-refractivity contribution is 7.92. The Labute approximate surface area is 245 Å². The summed E-state index contributed by atoms with van der Waals surface area (Å²) in [6, 6.07) is 18.2. The lowest BCUT2D eigenvalue weighted by molar-refractivity contribution is -0.140. The lowest BCUT2D eigenvalue weighted by atomic mass is 10.1. The number of halogens is 2. The summed E-state index contributed by atoms with van der Waals surface area (Å²) in [4.78, 5) is 28.7. The molecule has 0 saturated heterocycles. The van der Waals surface area contributed by atoms with Crippen LogP contribution in [0.5, 0.6) is 5.75 Å². The van der Waals surface area contributed by atoms with Gasteiger partial charge in [0.2, 0.25) is 11.8 Å². The second-order valence-corrected chi connectivity index (χ2v) is 12.1. The van der Waals surface area contributed by atoms with Gasteiger partial charge in [-0.15, -0.1) is 0 Å². The van der Waals surface area contributed by atoms with Crippen molar-refractivity contribution in [2.45, 2.75) is 50.7 Å². The fraction of sp³-hybridized carbons (Fsp3) is 0.310. The third kappa shape index (κ3) is 7.68. The van der Waals surface area contributed by atoms with Crippen molar-refractivity contribution < 1.29 is 22.7 Å². The number of anilines is 1. The number of methoxy groups -OCH3 is 1. The fourth-order valence-corrected chi connectivity index (χ4v) is 6.06. The van der Waals surface area contributed by atoms with Gasteiger partial charge in [0.15, 0.2) is 0 Å². The maximum absolute atomic E-state index is 14.1. The molecule has 0 fully saturated rings. The third-order valence-electron chi connectivity index (χ3n) is 6.09. The molecule has 0 heterocycles. The Kier molecular flexibility index (Phi) is 10.8. The first-order chi connectivity index (χ1) is 19.0. The molecule has 11 heteroatoms. The minimum Gasteiger partial charge on any atom is -0.497 e. The average molecular weight is 607 g/mol. The van der Waals surface area contributed by atoms with E-state index >= 15 is 0 Å². The Balaban J connectivity index is 2.10. The van der Waals surface area contributed by atoms with Crippen molar-refractivity contribution in [1.82, 2.24) is 10.2 Å². The first-order valence-electron chi connectivity index (χ1n) is 12.7. The normalized spacial score (nSPS) is 12.1. The largest absolute Gasteiger partial charge is 0.497 e. The molecule has 0 aliphatic carbocycles. The summed E-state index contributed by atoms with van der Waals surface area (Å²) in [5.74, 6) is -0.348. The van der Waals surface area contributed by atoms with E-state index in [2.05, 4.69) is 5.32 Å². The molecule has 0 aliphatic heterocycles. The molecular formula is C29H33Cl2N3O5S. The fourth-order valence-electron chi connectivity index (χ4n) is 4.18. The van der Waals surface area contributed by atoms with Gasteiger partial charge in [0.25, 0.3) is 10.0 Å². The number of ether oxygens (including phenoxy) is 1. The molecule has 8 nitrogen and oxygen atoms in total. The summed E-state index contributed by atoms with van der Waals surface area (Å²) >= 11 is 12.7. The van der Waals surface area contributed by atoms with E-state index in [9.17, 15) is 18.0 Å². The first kappa shape index (κ1) is 31.3. The van der Waals surface area contributed by atoms with Crippen LogP contribution in [0.25, 0.3) is 0 Å². The van der Waals surface area contributed by atoms with Crippen LogP contribution in [0.4, 0.5) is 5.69 Å². The molecule has 214 valence electrons. The Morgan fingerprint density at radius 2 is 1.68 bits per heavy atom. The maximum Gasteiger partial charge on any atom is 0.264 e. The number of carbonyl (C=O) groups excluding carboxylic acids is 2. The Bertz CT molecular complexity index is 1430. The van der Waals surface area contributed by atoms with Crippen molar-refractivity contribution in [2.75, 3.05) is 18.0 Å². The average Bonchev–Trinajstić information content (AvgIpc) is 2.93. The minimum absolute atomic E-state index is 0.0252. The van der Waals surface area contributed by atoms with E-state index in [1.165, 1.54) is 42.3 Å². The summed E-state index contributed by atoms with van der Waals surface area (Å²) in [6.45, 7) is 4.88. The molecule has 0 radical (unpaired) electrons. The number of carbonyl (C=O) groups is 2. The van der Waals surface area contributed by atoms with Crippen LogP contribution < -0.4 is 14.4 Å². The van der Waals surface area contributed by atoms with Gasteiger partial charge in [-0.1, -0.05) is 60.5 Å². The van der Waals surface area contributed by atoms with Gasteiger partial charge >= 0.3 is 0 Å². The number of hydrogen-bond acceptors (Lipinski definition) is 5. The summed E-state index contributed by atoms with van der Waals surface area (Å²) in [5, 5.41) is 3.21. The van der Waals surface area contributed by atoms with Crippen LogP contribution in [0.3, 0.4) is 0 Å². The van der Waals surface area contributed by atoms with Gasteiger partial charge in [-0.2, -0.15) is 0 Å². The highest BCUT2D eigenvalue weighted by Crippen LogP contribution is 2.33. The van der Waals surface area contributed by atoms with Crippen LogP contribution in [0.2, 0.25) is 10.0 Å². The Morgan fingerprint density at radius 3 is 2.30 bits per heavy atom. The highest BCUT2D eigenvalue weighted by Gasteiger charge is 2.34. The molecule has 3 rings (SSSR count). The van der Waals surface area contributed by atoms with Crippen molar-refractivity contribution in [2.24, 2.45) is 0 Å². The molecule has 1 atom stereocenters. The number of rotatable bonds is 12. The number of nitrogens with one attached hydrogen (secondary N) is 1. The lowest BCUT2D eigenvalue weighted by Crippen LogP contribution is -2.53. The van der Waals surface area contributed by atoms with Gasteiger partial charge < -0.3 is 15.0 Å². The highest BCUT2D eigenvalue weighted by atomic mass is 35.5. The van der Waals surface area contributed by atoms with Crippen molar-refractivity contribution in [3.05, 3.63) is 88.4 Å². The van der Waals surface area contributed by atoms with Crippen LogP contribution in [0.15, 0.2) is 77.7 Å². The van der Waals surface area contributed by atoms with Crippen molar-refractivity contribution in [3.8, 4) is 5.75 Å². The molecule has 0 spiro atoms. The van der Waals surface area contributed by atoms with Crippen LogP contribution in [0.1, 0.15) is 32.8 Å². The zero-order chi connectivity index (χ0) is 29.4. The summed E-state index contributed by atoms with van der Waals surface area (Å²) in [6.07, 6.45) is 0.303. The van der Waals surface area contributed by atoms with Gasteiger partial charge in [-0.25, -0.2) is 8.42 Å². The van der Waals surface area contributed by atoms with Crippen LogP contribution in [-0.2, 0) is 26.2 Å². The lowest BCUT2D eigenvalue weighted by Gasteiger charge is -2.33. The molecule has 40 heavy (non-hydrogen) atoms. The van der Waals surface area contributed by atoms with E-state index in [-0.39, 0.29) is 39.1 Å². The van der Waals surface area contributed by atoms with E-state index in [0.717, 1.165) is 4.31 Å².